The smallest absolute Gasteiger partial charge is 0.220 e. The molecule has 0 aromatic heterocycles. The summed E-state index contributed by atoms with van der Waals surface area (Å²) in [7, 11) is 0. The molecule has 3 heterocycles. The summed E-state index contributed by atoms with van der Waals surface area (Å²) in [6.07, 6.45) is 43.1. The third-order valence-electron chi connectivity index (χ3n) is 20.0. The van der Waals surface area contributed by atoms with Gasteiger partial charge in [-0.3, -0.25) is 4.79 Å². The van der Waals surface area contributed by atoms with Crippen LogP contribution >= 0.6 is 0 Å². The molecule has 12 N–H and O–H groups in total. The van der Waals surface area contributed by atoms with Crippen LogP contribution in [0, 0.1) is 0 Å². The first-order valence-electron chi connectivity index (χ1n) is 39.6. The lowest BCUT2D eigenvalue weighted by Crippen LogP contribution is -2.66. The second kappa shape index (κ2) is 58.7. The molecule has 0 bridgehead atoms. The van der Waals surface area contributed by atoms with Gasteiger partial charge in [0.15, 0.2) is 18.9 Å². The number of amides is 1. The maximum absolute atomic E-state index is 13.5. The molecule has 3 saturated heterocycles. The van der Waals surface area contributed by atoms with Gasteiger partial charge in [-0.1, -0.05) is 314 Å². The van der Waals surface area contributed by atoms with Crippen LogP contribution in [0.4, 0.5) is 0 Å². The van der Waals surface area contributed by atoms with E-state index in [4.69, 9.17) is 28.4 Å². The Labute approximate surface area is 581 Å². The first kappa shape index (κ1) is 88.5. The molecule has 3 rings (SSSR count). The Bertz CT molecular complexity index is 1830. The van der Waals surface area contributed by atoms with Crippen LogP contribution in [0.1, 0.15) is 328 Å². The molecule has 1 amide bonds. The standard InChI is InChI=1S/C77H145NO18/c1-3-5-7-9-11-13-15-17-19-21-23-25-27-29-30-31-33-35-37-39-41-43-45-47-49-51-53-55-65(83)78-60(61(82)54-52-50-48-46-44-42-40-38-36-34-32-28-26-24-22-20-18-16-14-12-10-8-6-4-2)59-91-75-71(89)68(86)73(63(57-80)93-75)96-77-72(90)69(87)74(64(58-81)94-77)95-76-70(88)67(85)66(84)62(56-79)92-76/h44,46,52,54,60-64,66-77,79-82,84-90H,3-43,45,47-51,53,55-59H2,1-2H3,(H,78,83)/b46-44+,54-52+. The molecule has 17 atom stereocenters. The van der Waals surface area contributed by atoms with Gasteiger partial charge in [-0.2, -0.15) is 0 Å². The summed E-state index contributed by atoms with van der Waals surface area (Å²) in [5.41, 5.74) is 0. The van der Waals surface area contributed by atoms with Crippen molar-refractivity contribution in [2.24, 2.45) is 0 Å². The van der Waals surface area contributed by atoms with Crippen LogP contribution in [0.15, 0.2) is 24.3 Å². The molecule has 0 radical (unpaired) electrons. The van der Waals surface area contributed by atoms with Crippen LogP contribution in [-0.2, 0) is 33.2 Å². The summed E-state index contributed by atoms with van der Waals surface area (Å²) in [6, 6.07) is -0.988. The van der Waals surface area contributed by atoms with E-state index in [-0.39, 0.29) is 18.9 Å². The van der Waals surface area contributed by atoms with Crippen molar-refractivity contribution in [2.75, 3.05) is 26.4 Å². The van der Waals surface area contributed by atoms with E-state index in [2.05, 4.69) is 31.3 Å². The van der Waals surface area contributed by atoms with E-state index in [1.807, 2.05) is 6.08 Å². The Hall–Kier alpha value is -1.73. The van der Waals surface area contributed by atoms with Crippen molar-refractivity contribution in [2.45, 2.75) is 433 Å². The first-order valence-corrected chi connectivity index (χ1v) is 39.6. The number of aliphatic hydroxyl groups excluding tert-OH is 11. The van der Waals surface area contributed by atoms with Crippen LogP contribution in [0.25, 0.3) is 0 Å². The summed E-state index contributed by atoms with van der Waals surface area (Å²) in [5, 5.41) is 121. The molecule has 19 nitrogen and oxygen atoms in total. The molecule has 3 aliphatic heterocycles. The molecule has 0 aliphatic carbocycles. The highest BCUT2D eigenvalue weighted by Crippen LogP contribution is 2.33. The van der Waals surface area contributed by atoms with Gasteiger partial charge in [0.05, 0.1) is 38.6 Å². The average molecular weight is 1370 g/mol. The summed E-state index contributed by atoms with van der Waals surface area (Å²) < 4.78 is 34.4. The van der Waals surface area contributed by atoms with E-state index in [9.17, 15) is 61.0 Å². The Morgan fingerprint density at radius 1 is 0.365 bits per heavy atom. The molecular weight excluding hydrogens is 1230 g/mol. The summed E-state index contributed by atoms with van der Waals surface area (Å²) in [4.78, 5) is 13.5. The Morgan fingerprint density at radius 2 is 0.667 bits per heavy atom. The quantitative estimate of drug-likeness (QED) is 0.0199. The minimum atomic E-state index is -1.98. The van der Waals surface area contributed by atoms with Crippen molar-refractivity contribution in [3.63, 3.8) is 0 Å². The van der Waals surface area contributed by atoms with Gasteiger partial charge < -0.3 is 89.9 Å². The first-order chi connectivity index (χ1) is 46.8. The van der Waals surface area contributed by atoms with Crippen molar-refractivity contribution in [1.82, 2.24) is 5.32 Å². The Kier molecular flexibility index (Phi) is 54.1. The van der Waals surface area contributed by atoms with Crippen molar-refractivity contribution < 1.29 is 89.4 Å². The summed E-state index contributed by atoms with van der Waals surface area (Å²) in [6.45, 7) is 1.78. The zero-order valence-corrected chi connectivity index (χ0v) is 60.4. The van der Waals surface area contributed by atoms with E-state index in [0.29, 0.717) is 12.8 Å². The van der Waals surface area contributed by atoms with Gasteiger partial charge in [0.1, 0.15) is 73.2 Å². The molecule has 0 aromatic rings. The lowest BCUT2D eigenvalue weighted by molar-refractivity contribution is -0.379. The fourth-order valence-electron chi connectivity index (χ4n) is 13.6. The number of hydrogen-bond donors (Lipinski definition) is 12. The number of ether oxygens (including phenoxy) is 6. The van der Waals surface area contributed by atoms with E-state index in [0.717, 1.165) is 38.5 Å². The van der Waals surface area contributed by atoms with E-state index >= 15 is 0 Å². The zero-order chi connectivity index (χ0) is 69.6. The molecule has 3 fully saturated rings. The number of nitrogens with one attached hydrogen (secondary N) is 1. The fraction of sp³-hybridized carbons (Fsp3) is 0.935. The molecule has 0 saturated carbocycles. The minimum Gasteiger partial charge on any atom is -0.394 e. The van der Waals surface area contributed by atoms with Crippen LogP contribution in [-0.4, -0.2) is 193 Å². The van der Waals surface area contributed by atoms with Crippen LogP contribution < -0.4 is 5.32 Å². The number of unbranched alkanes of at least 4 members (excludes halogenated alkanes) is 45. The number of carbonyl (C=O) groups excluding carboxylic acids is 1. The third kappa shape index (κ3) is 39.1. The molecule has 96 heavy (non-hydrogen) atoms. The molecule has 566 valence electrons. The second-order valence-electron chi connectivity index (χ2n) is 28.5. The predicted molar refractivity (Wildman–Crippen MR) is 379 cm³/mol. The van der Waals surface area contributed by atoms with Crippen molar-refractivity contribution in [1.29, 1.82) is 0 Å². The fourth-order valence-corrected chi connectivity index (χ4v) is 13.6. The van der Waals surface area contributed by atoms with E-state index in [1.165, 1.54) is 257 Å². The Morgan fingerprint density at radius 3 is 1.04 bits per heavy atom. The largest absolute Gasteiger partial charge is 0.394 e. The monoisotopic (exact) mass is 1370 g/mol. The number of hydrogen-bond acceptors (Lipinski definition) is 18. The Balaban J connectivity index is 1.39. The van der Waals surface area contributed by atoms with Crippen LogP contribution in [0.3, 0.4) is 0 Å². The molecule has 19 heteroatoms. The highest BCUT2D eigenvalue weighted by molar-refractivity contribution is 5.76. The SMILES string of the molecule is CCCCCCCCCCCCCCCCCCCC/C=C/CC/C=C/C(O)C(COC1OC(CO)C(OC2OC(CO)C(OC3OC(CO)C(O)C(O)C3O)C(O)C2O)C(O)C1O)NC(=O)CCCCCCCCCCCCCCCCCCCCCCCCCCCCC. The van der Waals surface area contributed by atoms with Crippen molar-refractivity contribution in [3.05, 3.63) is 24.3 Å². The van der Waals surface area contributed by atoms with Gasteiger partial charge in [0.2, 0.25) is 5.91 Å². The highest BCUT2D eigenvalue weighted by Gasteiger charge is 2.53. The highest BCUT2D eigenvalue weighted by atomic mass is 16.8. The second-order valence-corrected chi connectivity index (χ2v) is 28.5. The predicted octanol–water partition coefficient (Wildman–Crippen LogP) is 12.6. The van der Waals surface area contributed by atoms with Gasteiger partial charge in [0.25, 0.3) is 0 Å². The topological polar surface area (TPSA) is 307 Å². The van der Waals surface area contributed by atoms with Gasteiger partial charge in [-0.25, -0.2) is 0 Å². The van der Waals surface area contributed by atoms with Crippen molar-refractivity contribution in [3.8, 4) is 0 Å². The zero-order valence-electron chi connectivity index (χ0n) is 60.4. The lowest BCUT2D eigenvalue weighted by Gasteiger charge is -2.48. The molecule has 0 aromatic carbocycles. The maximum Gasteiger partial charge on any atom is 0.220 e. The normalized spacial score (nSPS) is 27.1. The molecule has 3 aliphatic rings. The lowest BCUT2D eigenvalue weighted by atomic mass is 9.96. The number of allylic oxidation sites excluding steroid dienone is 3. The van der Waals surface area contributed by atoms with Gasteiger partial charge in [-0.05, 0) is 32.1 Å². The number of carbonyl (C=O) groups is 1. The summed E-state index contributed by atoms with van der Waals surface area (Å²) >= 11 is 0. The number of aliphatic hydroxyl groups is 11. The van der Waals surface area contributed by atoms with E-state index < -0.39 is 124 Å². The van der Waals surface area contributed by atoms with Gasteiger partial charge in [-0.15, -0.1) is 0 Å². The molecular formula is C77H145NO18. The van der Waals surface area contributed by atoms with Gasteiger partial charge >= 0.3 is 0 Å². The van der Waals surface area contributed by atoms with Crippen molar-refractivity contribution >= 4 is 5.91 Å². The molecule has 17 unspecified atom stereocenters. The van der Waals surface area contributed by atoms with Crippen LogP contribution in [0.2, 0.25) is 0 Å². The van der Waals surface area contributed by atoms with E-state index in [1.54, 1.807) is 6.08 Å². The van der Waals surface area contributed by atoms with Gasteiger partial charge in [0, 0.05) is 6.42 Å². The molecule has 0 spiro atoms. The summed E-state index contributed by atoms with van der Waals surface area (Å²) in [5.74, 6) is -0.278. The third-order valence-corrected chi connectivity index (χ3v) is 20.0. The van der Waals surface area contributed by atoms with Crippen LogP contribution in [0.5, 0.6) is 0 Å². The average Bonchev–Trinajstić information content (AvgIpc) is 0.787. The minimum absolute atomic E-state index is 0.241. The maximum atomic E-state index is 13.5. The number of rotatable bonds is 63.